The molecule has 3 rings (SSSR count). The second-order valence-corrected chi connectivity index (χ2v) is 7.07. The zero-order valence-electron chi connectivity index (χ0n) is 11.4. The smallest absolute Gasteiger partial charge is 0.444 e. The van der Waals surface area contributed by atoms with E-state index in [1.54, 1.807) is 0 Å². The minimum absolute atomic E-state index is 0.950. The first kappa shape index (κ1) is 12.5. The van der Waals surface area contributed by atoms with Crippen molar-refractivity contribution >= 4 is 20.1 Å². The van der Waals surface area contributed by atoms with Crippen LogP contribution in [-0.2, 0) is 0 Å². The average molecular weight is 272 g/mol. The van der Waals surface area contributed by atoms with Crippen molar-refractivity contribution in [3.05, 3.63) is 36.4 Å². The van der Waals surface area contributed by atoms with E-state index in [4.69, 9.17) is 8.85 Å². The Bertz CT molecular complexity index is 523. The van der Waals surface area contributed by atoms with Crippen LogP contribution in [-0.4, -0.2) is 9.28 Å². The molecule has 0 amide bonds. The lowest BCUT2D eigenvalue weighted by atomic mass is 10.1. The molecule has 0 aliphatic carbocycles. The zero-order valence-corrected chi connectivity index (χ0v) is 12.5. The molecule has 0 unspecified atom stereocenters. The maximum Gasteiger partial charge on any atom is 0.444 e. The van der Waals surface area contributed by atoms with Crippen molar-refractivity contribution < 1.29 is 8.85 Å². The van der Waals surface area contributed by atoms with Gasteiger partial charge in [-0.25, -0.2) is 0 Å². The molecule has 3 heteroatoms. The lowest BCUT2D eigenvalue weighted by Gasteiger charge is -2.06. The third-order valence-corrected chi connectivity index (χ3v) is 5.54. The van der Waals surface area contributed by atoms with Gasteiger partial charge < -0.3 is 8.85 Å². The first-order valence-corrected chi connectivity index (χ1v) is 8.99. The average Bonchev–Trinajstić information content (AvgIpc) is 2.82. The number of hydrogen-bond acceptors (Lipinski definition) is 2. The summed E-state index contributed by atoms with van der Waals surface area (Å²) in [4.78, 5) is 0. The molecule has 1 aliphatic rings. The second kappa shape index (κ2) is 5.66. The topological polar surface area (TPSA) is 18.5 Å². The Kier molecular flexibility index (Phi) is 3.73. The van der Waals surface area contributed by atoms with Crippen molar-refractivity contribution in [3.8, 4) is 11.5 Å². The molecule has 2 aromatic rings. The molecule has 0 N–H and O–H groups in total. The maximum atomic E-state index is 6.01. The fraction of sp³-hybridized carbons (Fsp3) is 0.375. The Morgan fingerprint density at radius 1 is 0.895 bits per heavy atom. The quantitative estimate of drug-likeness (QED) is 0.593. The highest BCUT2D eigenvalue weighted by Gasteiger charge is 2.27. The molecule has 0 aromatic heterocycles. The van der Waals surface area contributed by atoms with Crippen LogP contribution in [0.25, 0.3) is 10.8 Å². The first-order chi connectivity index (χ1) is 9.36. The monoisotopic (exact) mass is 272 g/mol. The van der Waals surface area contributed by atoms with E-state index in [1.165, 1.54) is 36.5 Å². The summed E-state index contributed by atoms with van der Waals surface area (Å²) in [6, 6.07) is 13.7. The lowest BCUT2D eigenvalue weighted by Crippen LogP contribution is -2.23. The Hall–Kier alpha value is -1.48. The van der Waals surface area contributed by atoms with Gasteiger partial charge in [-0.1, -0.05) is 50.5 Å². The van der Waals surface area contributed by atoms with E-state index in [2.05, 4.69) is 43.3 Å². The SMILES string of the molecule is CCCCCC[SiH]1Oc2cc3ccccc3cc2O1. The fourth-order valence-corrected chi connectivity index (χ4v) is 4.39. The summed E-state index contributed by atoms with van der Waals surface area (Å²) in [5, 5.41) is 2.45. The number of unbranched alkanes of at least 4 members (excludes halogenated alkanes) is 3. The highest BCUT2D eigenvalue weighted by molar-refractivity contribution is 6.47. The second-order valence-electron chi connectivity index (χ2n) is 5.16. The first-order valence-electron chi connectivity index (χ1n) is 7.23. The summed E-state index contributed by atoms with van der Waals surface area (Å²) in [5.74, 6) is 1.90. The van der Waals surface area contributed by atoms with Crippen molar-refractivity contribution in [2.45, 2.75) is 38.7 Å². The van der Waals surface area contributed by atoms with Gasteiger partial charge in [0.05, 0.1) is 0 Å². The van der Waals surface area contributed by atoms with E-state index >= 15 is 0 Å². The van der Waals surface area contributed by atoms with Gasteiger partial charge in [0.1, 0.15) is 11.5 Å². The summed E-state index contributed by atoms with van der Waals surface area (Å²) >= 11 is 0. The van der Waals surface area contributed by atoms with E-state index < -0.39 is 9.28 Å². The van der Waals surface area contributed by atoms with Crippen molar-refractivity contribution in [1.82, 2.24) is 0 Å². The van der Waals surface area contributed by atoms with Gasteiger partial charge >= 0.3 is 9.28 Å². The number of rotatable bonds is 5. The van der Waals surface area contributed by atoms with E-state index in [9.17, 15) is 0 Å². The Labute approximate surface area is 116 Å². The molecule has 2 aromatic carbocycles. The molecule has 19 heavy (non-hydrogen) atoms. The van der Waals surface area contributed by atoms with Crippen LogP contribution >= 0.6 is 0 Å². The zero-order chi connectivity index (χ0) is 13.1. The number of hydrogen-bond donors (Lipinski definition) is 0. The molecule has 0 radical (unpaired) electrons. The van der Waals surface area contributed by atoms with Gasteiger partial charge in [0, 0.05) is 6.04 Å². The maximum absolute atomic E-state index is 6.01. The van der Waals surface area contributed by atoms with Crippen molar-refractivity contribution in [2.24, 2.45) is 0 Å². The summed E-state index contributed by atoms with van der Waals surface area (Å²) in [7, 11) is -1.50. The normalized spacial score (nSPS) is 14.2. The van der Waals surface area contributed by atoms with Crippen LogP contribution in [0.3, 0.4) is 0 Å². The van der Waals surface area contributed by atoms with E-state index in [1.807, 2.05) is 0 Å². The van der Waals surface area contributed by atoms with Crippen LogP contribution in [0.15, 0.2) is 36.4 Å². The Morgan fingerprint density at radius 3 is 2.11 bits per heavy atom. The van der Waals surface area contributed by atoms with Gasteiger partial charge in [-0.05, 0) is 29.3 Å². The molecule has 100 valence electrons. The Balaban J connectivity index is 1.68. The predicted molar refractivity (Wildman–Crippen MR) is 81.3 cm³/mol. The van der Waals surface area contributed by atoms with Crippen molar-refractivity contribution in [3.63, 3.8) is 0 Å². The minimum Gasteiger partial charge on any atom is -0.511 e. The van der Waals surface area contributed by atoms with Crippen LogP contribution in [0.4, 0.5) is 0 Å². The molecule has 1 aliphatic heterocycles. The van der Waals surface area contributed by atoms with Crippen molar-refractivity contribution in [1.29, 1.82) is 0 Å². The van der Waals surface area contributed by atoms with Crippen LogP contribution in [0.1, 0.15) is 32.6 Å². The van der Waals surface area contributed by atoms with Gasteiger partial charge in [0.15, 0.2) is 0 Å². The predicted octanol–water partition coefficient (Wildman–Crippen LogP) is 4.41. The van der Waals surface area contributed by atoms with Crippen LogP contribution in [0.5, 0.6) is 11.5 Å². The van der Waals surface area contributed by atoms with E-state index in [0.717, 1.165) is 17.5 Å². The largest absolute Gasteiger partial charge is 0.511 e. The third kappa shape index (κ3) is 2.76. The molecule has 0 fully saturated rings. The molecule has 0 saturated carbocycles. The Morgan fingerprint density at radius 2 is 1.53 bits per heavy atom. The standard InChI is InChI=1S/C16H20O2Si/c1-2-3-4-7-10-19-17-15-11-13-8-5-6-9-14(13)12-16(15)18-19/h5-6,8-9,11-12,19H,2-4,7,10H2,1H3. The molecule has 1 heterocycles. The van der Waals surface area contributed by atoms with Gasteiger partial charge in [0.25, 0.3) is 0 Å². The van der Waals surface area contributed by atoms with E-state index in [0.29, 0.717) is 0 Å². The number of fused-ring (bicyclic) bond motifs is 2. The molecule has 0 spiro atoms. The molecule has 0 bridgehead atoms. The highest BCUT2D eigenvalue weighted by Crippen LogP contribution is 2.38. The fourth-order valence-electron chi connectivity index (χ4n) is 2.55. The lowest BCUT2D eigenvalue weighted by molar-refractivity contribution is 0.489. The van der Waals surface area contributed by atoms with Gasteiger partial charge in [0.2, 0.25) is 0 Å². The van der Waals surface area contributed by atoms with Crippen LogP contribution < -0.4 is 8.85 Å². The summed E-state index contributed by atoms with van der Waals surface area (Å²) < 4.78 is 12.0. The minimum atomic E-state index is -1.50. The third-order valence-electron chi connectivity index (χ3n) is 3.62. The summed E-state index contributed by atoms with van der Waals surface area (Å²) in [6.07, 6.45) is 5.13. The summed E-state index contributed by atoms with van der Waals surface area (Å²) in [5.41, 5.74) is 0. The summed E-state index contributed by atoms with van der Waals surface area (Å²) in [6.45, 7) is 2.24. The number of benzene rings is 2. The van der Waals surface area contributed by atoms with Crippen LogP contribution in [0, 0.1) is 0 Å². The van der Waals surface area contributed by atoms with Gasteiger partial charge in [-0.2, -0.15) is 0 Å². The van der Waals surface area contributed by atoms with Crippen molar-refractivity contribution in [2.75, 3.05) is 0 Å². The molecular weight excluding hydrogens is 252 g/mol. The molecule has 0 saturated heterocycles. The highest BCUT2D eigenvalue weighted by atomic mass is 28.3. The van der Waals surface area contributed by atoms with Crippen LogP contribution in [0.2, 0.25) is 6.04 Å². The molecule has 0 atom stereocenters. The van der Waals surface area contributed by atoms with Gasteiger partial charge in [-0.3, -0.25) is 0 Å². The molecule has 2 nitrogen and oxygen atoms in total. The molecular formula is C16H20O2Si. The van der Waals surface area contributed by atoms with E-state index in [-0.39, 0.29) is 0 Å². The van der Waals surface area contributed by atoms with Gasteiger partial charge in [-0.15, -0.1) is 0 Å².